The number of aromatic nitrogens is 1. The number of nitrogens with zero attached hydrogens (tertiary/aromatic N) is 2. The average molecular weight is 542 g/mol. The van der Waals surface area contributed by atoms with E-state index in [-0.39, 0.29) is 24.5 Å². The fraction of sp³-hybridized carbons (Fsp3) is 0.280. The van der Waals surface area contributed by atoms with Crippen molar-refractivity contribution in [2.24, 2.45) is 0 Å². The Morgan fingerprint density at radius 2 is 2.00 bits per heavy atom. The summed E-state index contributed by atoms with van der Waals surface area (Å²) in [5, 5.41) is 17.3. The Bertz CT molecular complexity index is 1350. The van der Waals surface area contributed by atoms with Gasteiger partial charge in [-0.3, -0.25) is 4.79 Å². The lowest BCUT2D eigenvalue weighted by Gasteiger charge is -2.35. The molecule has 0 radical (unpaired) electrons. The largest absolute Gasteiger partial charge is 0.504 e. The SMILES string of the molecule is COc1cc2c(cc1O)C(C(=O)Nc1c(C)noc1C)=CN(Cc1cc3c(cc1Br)OCO3)C2C. The lowest BCUT2D eigenvalue weighted by atomic mass is 9.90. The summed E-state index contributed by atoms with van der Waals surface area (Å²) in [6.07, 6.45) is 1.81. The second kappa shape index (κ2) is 8.84. The first-order valence-electron chi connectivity index (χ1n) is 11.0. The third-order valence-electron chi connectivity index (χ3n) is 6.29. The fourth-order valence-corrected chi connectivity index (χ4v) is 4.78. The van der Waals surface area contributed by atoms with Crippen LogP contribution in [0.4, 0.5) is 5.69 Å². The summed E-state index contributed by atoms with van der Waals surface area (Å²) in [4.78, 5) is 15.5. The lowest BCUT2D eigenvalue weighted by Crippen LogP contribution is -2.29. The molecule has 1 aromatic heterocycles. The van der Waals surface area contributed by atoms with Crippen LogP contribution in [-0.4, -0.2) is 35.0 Å². The van der Waals surface area contributed by atoms with Gasteiger partial charge < -0.3 is 34.1 Å². The van der Waals surface area contributed by atoms with Crippen molar-refractivity contribution in [1.82, 2.24) is 10.1 Å². The van der Waals surface area contributed by atoms with Crippen molar-refractivity contribution in [3.63, 3.8) is 0 Å². The second-order valence-electron chi connectivity index (χ2n) is 8.45. The Labute approximate surface area is 210 Å². The summed E-state index contributed by atoms with van der Waals surface area (Å²) in [6.45, 7) is 6.21. The topological polar surface area (TPSA) is 106 Å². The van der Waals surface area contributed by atoms with Gasteiger partial charge in [0.1, 0.15) is 11.4 Å². The number of fused-ring (bicyclic) bond motifs is 2. The van der Waals surface area contributed by atoms with Gasteiger partial charge in [-0.15, -0.1) is 0 Å². The summed E-state index contributed by atoms with van der Waals surface area (Å²) in [5.74, 6) is 1.84. The molecule has 3 heterocycles. The van der Waals surface area contributed by atoms with E-state index in [9.17, 15) is 9.90 Å². The van der Waals surface area contributed by atoms with E-state index in [0.29, 0.717) is 52.1 Å². The average Bonchev–Trinajstić information content (AvgIpc) is 3.41. The Kier molecular flexibility index (Phi) is 5.84. The molecule has 5 rings (SSSR count). The molecule has 1 unspecified atom stereocenters. The van der Waals surface area contributed by atoms with Crippen molar-refractivity contribution in [2.45, 2.75) is 33.4 Å². The number of benzene rings is 2. The molecule has 0 fully saturated rings. The summed E-state index contributed by atoms with van der Waals surface area (Å²) in [7, 11) is 1.50. The molecule has 0 bridgehead atoms. The van der Waals surface area contributed by atoms with E-state index >= 15 is 0 Å². The number of carbonyl (C=O) groups is 1. The first-order valence-corrected chi connectivity index (χ1v) is 11.8. The van der Waals surface area contributed by atoms with Gasteiger partial charge >= 0.3 is 0 Å². The van der Waals surface area contributed by atoms with E-state index in [1.165, 1.54) is 7.11 Å². The van der Waals surface area contributed by atoms with Gasteiger partial charge in [-0.25, -0.2) is 0 Å². The zero-order chi connectivity index (χ0) is 24.9. The van der Waals surface area contributed by atoms with E-state index in [2.05, 4.69) is 31.3 Å². The minimum Gasteiger partial charge on any atom is -0.504 e. The van der Waals surface area contributed by atoms with Gasteiger partial charge in [0.25, 0.3) is 5.91 Å². The van der Waals surface area contributed by atoms with E-state index in [0.717, 1.165) is 15.6 Å². The first-order chi connectivity index (χ1) is 16.8. The second-order valence-corrected chi connectivity index (χ2v) is 9.31. The number of amides is 1. The molecule has 1 atom stereocenters. The lowest BCUT2D eigenvalue weighted by molar-refractivity contribution is -0.111. The van der Waals surface area contributed by atoms with E-state index in [1.807, 2.05) is 25.3 Å². The molecule has 2 N–H and O–H groups in total. The van der Waals surface area contributed by atoms with Crippen LogP contribution in [0.3, 0.4) is 0 Å². The van der Waals surface area contributed by atoms with Crippen LogP contribution < -0.4 is 19.5 Å². The summed E-state index contributed by atoms with van der Waals surface area (Å²) in [5.41, 5.74) is 3.95. The highest BCUT2D eigenvalue weighted by Gasteiger charge is 2.31. The van der Waals surface area contributed by atoms with Crippen molar-refractivity contribution >= 4 is 33.1 Å². The van der Waals surface area contributed by atoms with Crippen molar-refractivity contribution in [3.8, 4) is 23.0 Å². The van der Waals surface area contributed by atoms with Crippen LogP contribution in [0.5, 0.6) is 23.0 Å². The van der Waals surface area contributed by atoms with Crippen LogP contribution in [0.1, 0.15) is 41.1 Å². The molecule has 9 nitrogen and oxygen atoms in total. The number of ether oxygens (including phenoxy) is 3. The molecule has 35 heavy (non-hydrogen) atoms. The van der Waals surface area contributed by atoms with Crippen LogP contribution in [0, 0.1) is 13.8 Å². The summed E-state index contributed by atoms with van der Waals surface area (Å²) >= 11 is 3.63. The monoisotopic (exact) mass is 541 g/mol. The maximum absolute atomic E-state index is 13.5. The molecule has 0 saturated carbocycles. The van der Waals surface area contributed by atoms with Gasteiger partial charge in [0.2, 0.25) is 6.79 Å². The number of phenols is 1. The van der Waals surface area contributed by atoms with Crippen molar-refractivity contribution in [1.29, 1.82) is 0 Å². The normalized spacial score (nSPS) is 16.1. The van der Waals surface area contributed by atoms with Gasteiger partial charge in [-0.05, 0) is 61.7 Å². The Hall–Kier alpha value is -3.66. The molecule has 1 amide bonds. The molecule has 2 aliphatic rings. The Balaban J connectivity index is 1.56. The highest BCUT2D eigenvalue weighted by atomic mass is 79.9. The summed E-state index contributed by atoms with van der Waals surface area (Å²) in [6, 6.07) is 7.04. The first kappa shape index (κ1) is 23.1. The number of methoxy groups -OCH3 is 1. The smallest absolute Gasteiger partial charge is 0.257 e. The number of rotatable bonds is 5. The number of aryl methyl sites for hydroxylation is 2. The molecule has 2 aromatic carbocycles. The molecular weight excluding hydrogens is 518 g/mol. The van der Waals surface area contributed by atoms with E-state index < -0.39 is 0 Å². The van der Waals surface area contributed by atoms with Crippen LogP contribution in [0.25, 0.3) is 5.57 Å². The quantitative estimate of drug-likeness (QED) is 0.462. The predicted molar refractivity (Wildman–Crippen MR) is 131 cm³/mol. The standard InChI is InChI=1S/C25H24BrN3O6/c1-12-24(14(3)35-28-12)27-25(31)18-10-29(9-15-5-22-23(8-19(15)26)34-11-33-22)13(2)16-7-21(32-4)20(30)6-17(16)18/h5-8,10,13,30H,9,11H2,1-4H3,(H,27,31). The maximum Gasteiger partial charge on any atom is 0.257 e. The molecule has 0 spiro atoms. The fourth-order valence-electron chi connectivity index (χ4n) is 4.34. The van der Waals surface area contributed by atoms with E-state index in [1.54, 1.807) is 26.0 Å². The van der Waals surface area contributed by atoms with Crippen molar-refractivity contribution < 1.29 is 28.6 Å². The number of hydrogen-bond donors (Lipinski definition) is 2. The maximum atomic E-state index is 13.5. The van der Waals surface area contributed by atoms with Gasteiger partial charge in [0.05, 0.1) is 18.7 Å². The minimum absolute atomic E-state index is 0.0403. The highest BCUT2D eigenvalue weighted by Crippen LogP contribution is 2.43. The number of aromatic hydroxyl groups is 1. The highest BCUT2D eigenvalue weighted by molar-refractivity contribution is 9.10. The third kappa shape index (κ3) is 4.07. The molecule has 0 aliphatic carbocycles. The predicted octanol–water partition coefficient (Wildman–Crippen LogP) is 5.05. The van der Waals surface area contributed by atoms with Gasteiger partial charge in [-0.1, -0.05) is 21.1 Å². The van der Waals surface area contributed by atoms with Gasteiger partial charge in [0.15, 0.2) is 28.8 Å². The minimum atomic E-state index is -0.341. The molecular formula is C25H24BrN3O6. The molecule has 3 aromatic rings. The Morgan fingerprint density at radius 1 is 1.26 bits per heavy atom. The number of halogens is 1. The number of anilines is 1. The number of hydrogen-bond acceptors (Lipinski definition) is 8. The van der Waals surface area contributed by atoms with Gasteiger partial charge in [-0.2, -0.15) is 0 Å². The van der Waals surface area contributed by atoms with Gasteiger partial charge in [0, 0.05) is 17.2 Å². The van der Waals surface area contributed by atoms with Crippen molar-refractivity contribution in [2.75, 3.05) is 19.2 Å². The third-order valence-corrected chi connectivity index (χ3v) is 7.03. The summed E-state index contributed by atoms with van der Waals surface area (Å²) < 4.78 is 22.4. The number of nitrogens with one attached hydrogen (secondary N) is 1. The van der Waals surface area contributed by atoms with Crippen molar-refractivity contribution in [3.05, 3.63) is 63.1 Å². The molecule has 0 saturated heterocycles. The zero-order valence-electron chi connectivity index (χ0n) is 19.6. The number of carbonyl (C=O) groups excluding carboxylic acids is 1. The molecule has 182 valence electrons. The van der Waals surface area contributed by atoms with Crippen LogP contribution in [0.15, 0.2) is 39.5 Å². The van der Waals surface area contributed by atoms with Crippen LogP contribution >= 0.6 is 15.9 Å². The molecule has 10 heteroatoms. The van der Waals surface area contributed by atoms with Crippen LogP contribution in [-0.2, 0) is 11.3 Å². The zero-order valence-corrected chi connectivity index (χ0v) is 21.2. The van der Waals surface area contributed by atoms with Crippen LogP contribution in [0.2, 0.25) is 0 Å². The Morgan fingerprint density at radius 3 is 2.69 bits per heavy atom. The number of phenolic OH excluding ortho intramolecular Hbond substituents is 1. The molecule has 2 aliphatic heterocycles. The van der Waals surface area contributed by atoms with E-state index in [4.69, 9.17) is 18.7 Å².